The minimum absolute atomic E-state index is 0.134. The first kappa shape index (κ1) is 11.6. The lowest BCUT2D eigenvalue weighted by atomic mass is 10.1. The van der Waals surface area contributed by atoms with Crippen molar-refractivity contribution in [3.63, 3.8) is 0 Å². The van der Waals surface area contributed by atoms with Crippen LogP contribution in [0.5, 0.6) is 0 Å². The molecule has 0 aliphatic carbocycles. The Kier molecular flexibility index (Phi) is 3.65. The molecule has 14 heavy (non-hydrogen) atoms. The number of carbonyl (C=O) groups is 1. The fourth-order valence-corrected chi connectivity index (χ4v) is 2.40. The molecular weight excluding hydrogens is 244 g/mol. The molecule has 0 fully saturated rings. The molecule has 76 valence electrons. The smallest absolute Gasteiger partial charge is 0.251 e. The molecule has 0 heterocycles. The maximum Gasteiger partial charge on any atom is 0.251 e. The van der Waals surface area contributed by atoms with Crippen molar-refractivity contribution in [1.82, 2.24) is 0 Å². The molecule has 0 atom stereocenters. The second-order valence-electron chi connectivity index (χ2n) is 2.73. The highest BCUT2D eigenvalue weighted by molar-refractivity contribution is 6.43. The molecule has 0 saturated carbocycles. The molecule has 2 N–H and O–H groups in total. The van der Waals surface area contributed by atoms with Crippen LogP contribution >= 0.6 is 34.8 Å². The van der Waals surface area contributed by atoms with Gasteiger partial charge in [-0.3, -0.25) is 4.79 Å². The Balaban J connectivity index is 3.52. The molecule has 1 aromatic rings. The van der Waals surface area contributed by atoms with Gasteiger partial charge in [0.1, 0.15) is 0 Å². The summed E-state index contributed by atoms with van der Waals surface area (Å²) in [6.07, 6.45) is 0.620. The molecule has 0 saturated heterocycles. The van der Waals surface area contributed by atoms with Gasteiger partial charge in [0.25, 0.3) is 5.91 Å². The molecule has 0 radical (unpaired) electrons. The maximum absolute atomic E-state index is 11.0. The van der Waals surface area contributed by atoms with E-state index in [-0.39, 0.29) is 15.6 Å². The fourth-order valence-electron chi connectivity index (χ4n) is 1.18. The number of primary amides is 1. The molecule has 0 spiro atoms. The number of hydrogen-bond acceptors (Lipinski definition) is 1. The first-order valence-corrected chi connectivity index (χ1v) is 5.08. The molecule has 1 amide bonds. The summed E-state index contributed by atoms with van der Waals surface area (Å²) in [5.41, 5.74) is 5.96. The number of benzene rings is 1. The number of carbonyl (C=O) groups excluding carboxylic acids is 1. The summed E-state index contributed by atoms with van der Waals surface area (Å²) in [4.78, 5) is 11.0. The van der Waals surface area contributed by atoms with E-state index in [0.717, 1.165) is 0 Å². The summed E-state index contributed by atoms with van der Waals surface area (Å²) in [7, 11) is 0. The van der Waals surface area contributed by atoms with Crippen molar-refractivity contribution in [1.29, 1.82) is 0 Å². The van der Waals surface area contributed by atoms with Gasteiger partial charge in [-0.2, -0.15) is 0 Å². The van der Waals surface area contributed by atoms with E-state index in [9.17, 15) is 4.79 Å². The van der Waals surface area contributed by atoms with Gasteiger partial charge >= 0.3 is 0 Å². The molecule has 1 rings (SSSR count). The lowest BCUT2D eigenvalue weighted by Crippen LogP contribution is -2.13. The quantitative estimate of drug-likeness (QED) is 0.862. The number of rotatable bonds is 2. The van der Waals surface area contributed by atoms with E-state index < -0.39 is 5.91 Å². The molecule has 2 nitrogen and oxygen atoms in total. The van der Waals surface area contributed by atoms with Crippen LogP contribution in [0.4, 0.5) is 0 Å². The van der Waals surface area contributed by atoms with E-state index in [4.69, 9.17) is 40.5 Å². The summed E-state index contributed by atoms with van der Waals surface area (Å²) in [6.45, 7) is 1.88. The Morgan fingerprint density at radius 3 is 2.36 bits per heavy atom. The monoisotopic (exact) mass is 251 g/mol. The Morgan fingerprint density at radius 2 is 1.93 bits per heavy atom. The Morgan fingerprint density at radius 1 is 1.36 bits per heavy atom. The largest absolute Gasteiger partial charge is 0.366 e. The first-order valence-electron chi connectivity index (χ1n) is 3.95. The molecule has 0 aliphatic rings. The number of halogens is 3. The standard InChI is InChI=1S/C9H8Cl3NO/c1-2-4-5(10)3-6(11)7(8(4)12)9(13)14/h3H,2H2,1H3,(H2,13,14). The Bertz CT molecular complexity index is 390. The van der Waals surface area contributed by atoms with Crippen molar-refractivity contribution in [3.05, 3.63) is 32.3 Å². The van der Waals surface area contributed by atoms with Crippen molar-refractivity contribution < 1.29 is 4.79 Å². The molecular formula is C9H8Cl3NO. The maximum atomic E-state index is 11.0. The van der Waals surface area contributed by atoms with Crippen molar-refractivity contribution in [2.75, 3.05) is 0 Å². The van der Waals surface area contributed by atoms with E-state index >= 15 is 0 Å². The topological polar surface area (TPSA) is 43.1 Å². The predicted octanol–water partition coefficient (Wildman–Crippen LogP) is 3.31. The van der Waals surface area contributed by atoms with Crippen LogP contribution in [-0.4, -0.2) is 5.91 Å². The van der Waals surface area contributed by atoms with Crippen molar-refractivity contribution >= 4 is 40.7 Å². The average molecular weight is 253 g/mol. The van der Waals surface area contributed by atoms with Gasteiger partial charge in [-0.25, -0.2) is 0 Å². The highest BCUT2D eigenvalue weighted by Crippen LogP contribution is 2.33. The second kappa shape index (κ2) is 4.39. The Hall–Kier alpha value is -0.440. The van der Waals surface area contributed by atoms with Gasteiger partial charge in [0, 0.05) is 5.02 Å². The van der Waals surface area contributed by atoms with Crippen LogP contribution < -0.4 is 5.73 Å². The van der Waals surface area contributed by atoms with Crippen LogP contribution in [0.25, 0.3) is 0 Å². The molecule has 5 heteroatoms. The van der Waals surface area contributed by atoms with Crippen LogP contribution in [0.2, 0.25) is 15.1 Å². The molecule has 0 aromatic heterocycles. The highest BCUT2D eigenvalue weighted by atomic mass is 35.5. The van der Waals surface area contributed by atoms with Crippen molar-refractivity contribution in [2.45, 2.75) is 13.3 Å². The SMILES string of the molecule is CCc1c(Cl)cc(Cl)c(C(N)=O)c1Cl. The van der Waals surface area contributed by atoms with E-state index in [0.29, 0.717) is 17.0 Å². The molecule has 0 bridgehead atoms. The first-order chi connectivity index (χ1) is 6.49. The van der Waals surface area contributed by atoms with E-state index in [2.05, 4.69) is 0 Å². The van der Waals surface area contributed by atoms with Crippen LogP contribution in [0.1, 0.15) is 22.8 Å². The van der Waals surface area contributed by atoms with Crippen molar-refractivity contribution in [2.24, 2.45) is 5.73 Å². The van der Waals surface area contributed by atoms with E-state index in [1.165, 1.54) is 6.07 Å². The third kappa shape index (κ3) is 1.97. The zero-order valence-electron chi connectivity index (χ0n) is 7.40. The zero-order chi connectivity index (χ0) is 10.9. The zero-order valence-corrected chi connectivity index (χ0v) is 9.67. The third-order valence-corrected chi connectivity index (χ3v) is 2.92. The molecule has 0 aliphatic heterocycles. The normalized spacial score (nSPS) is 10.3. The van der Waals surface area contributed by atoms with Crippen LogP contribution in [0.15, 0.2) is 6.07 Å². The summed E-state index contributed by atoms with van der Waals surface area (Å²) in [5, 5.41) is 0.884. The highest BCUT2D eigenvalue weighted by Gasteiger charge is 2.17. The van der Waals surface area contributed by atoms with Gasteiger partial charge in [0.15, 0.2) is 0 Å². The minimum atomic E-state index is -0.647. The van der Waals surface area contributed by atoms with E-state index in [1.54, 1.807) is 0 Å². The van der Waals surface area contributed by atoms with Gasteiger partial charge < -0.3 is 5.73 Å². The molecule has 0 unspecified atom stereocenters. The summed E-state index contributed by atoms with van der Waals surface area (Å²) >= 11 is 17.6. The van der Waals surface area contributed by atoms with Gasteiger partial charge in [0.05, 0.1) is 15.6 Å². The van der Waals surface area contributed by atoms with Crippen molar-refractivity contribution in [3.8, 4) is 0 Å². The lowest BCUT2D eigenvalue weighted by Gasteiger charge is -2.09. The number of hydrogen-bond donors (Lipinski definition) is 1. The Labute approximate surface area is 96.9 Å². The number of nitrogens with two attached hydrogens (primary N) is 1. The van der Waals surface area contributed by atoms with Crippen LogP contribution in [-0.2, 0) is 6.42 Å². The van der Waals surface area contributed by atoms with E-state index in [1.807, 2.05) is 6.92 Å². The van der Waals surface area contributed by atoms with Gasteiger partial charge in [-0.05, 0) is 18.1 Å². The van der Waals surface area contributed by atoms with Crippen LogP contribution in [0, 0.1) is 0 Å². The molecule has 1 aromatic carbocycles. The minimum Gasteiger partial charge on any atom is -0.366 e. The summed E-state index contributed by atoms with van der Waals surface area (Å²) in [6, 6.07) is 1.48. The second-order valence-corrected chi connectivity index (χ2v) is 3.92. The van der Waals surface area contributed by atoms with Gasteiger partial charge in [0.2, 0.25) is 0 Å². The number of amides is 1. The van der Waals surface area contributed by atoms with Gasteiger partial charge in [-0.15, -0.1) is 0 Å². The predicted molar refractivity (Wildman–Crippen MR) is 59.4 cm³/mol. The fraction of sp³-hybridized carbons (Fsp3) is 0.222. The lowest BCUT2D eigenvalue weighted by molar-refractivity contribution is 0.100. The summed E-state index contributed by atoms with van der Waals surface area (Å²) in [5.74, 6) is -0.647. The summed E-state index contributed by atoms with van der Waals surface area (Å²) < 4.78 is 0. The van der Waals surface area contributed by atoms with Crippen LogP contribution in [0.3, 0.4) is 0 Å². The van der Waals surface area contributed by atoms with Gasteiger partial charge in [-0.1, -0.05) is 41.7 Å². The third-order valence-electron chi connectivity index (χ3n) is 1.86. The average Bonchev–Trinajstić information content (AvgIpc) is 2.02.